The summed E-state index contributed by atoms with van der Waals surface area (Å²) in [6.07, 6.45) is 0. The van der Waals surface area contributed by atoms with Gasteiger partial charge in [-0.2, -0.15) is 0 Å². The molecule has 0 aromatic heterocycles. The highest BCUT2D eigenvalue weighted by atomic mass is 127. The monoisotopic (exact) mass is 395 g/mol. The molecular weight excluding hydrogens is 372 g/mol. The summed E-state index contributed by atoms with van der Waals surface area (Å²) in [6, 6.07) is 6.67. The number of nitrogens with one attached hydrogen (secondary N) is 2. The van der Waals surface area contributed by atoms with Gasteiger partial charge in [0.2, 0.25) is 0 Å². The van der Waals surface area contributed by atoms with Gasteiger partial charge in [0.1, 0.15) is 5.82 Å². The van der Waals surface area contributed by atoms with E-state index in [2.05, 4.69) is 15.6 Å². The summed E-state index contributed by atoms with van der Waals surface area (Å²) in [5, 5.41) is 6.21. The lowest BCUT2D eigenvalue weighted by Gasteiger charge is -2.24. The zero-order chi connectivity index (χ0) is 14.3. The van der Waals surface area contributed by atoms with Gasteiger partial charge in [-0.25, -0.2) is 4.39 Å². The molecule has 1 aromatic carbocycles. The minimum Gasteiger partial charge on any atom is -0.377 e. The van der Waals surface area contributed by atoms with Crippen LogP contribution in [0, 0.1) is 5.82 Å². The molecule has 6 heteroatoms. The lowest BCUT2D eigenvalue weighted by Crippen LogP contribution is -2.45. The van der Waals surface area contributed by atoms with Crippen LogP contribution in [-0.2, 0) is 11.3 Å². The van der Waals surface area contributed by atoms with Crippen LogP contribution in [0.1, 0.15) is 19.4 Å². The number of rotatable bonds is 5. The van der Waals surface area contributed by atoms with Crippen LogP contribution in [0.15, 0.2) is 29.3 Å². The lowest BCUT2D eigenvalue weighted by atomic mass is 10.1. The Morgan fingerprint density at radius 1 is 1.30 bits per heavy atom. The Labute approximate surface area is 137 Å². The number of nitrogens with zero attached hydrogens (tertiary/aromatic N) is 1. The quantitative estimate of drug-likeness (QED) is 0.458. The van der Waals surface area contributed by atoms with Crippen molar-refractivity contribution in [3.63, 3.8) is 0 Å². The van der Waals surface area contributed by atoms with Gasteiger partial charge in [0.15, 0.2) is 5.96 Å². The van der Waals surface area contributed by atoms with Crippen molar-refractivity contribution in [2.24, 2.45) is 4.99 Å². The molecule has 114 valence electrons. The summed E-state index contributed by atoms with van der Waals surface area (Å²) in [7, 11) is 3.34. The van der Waals surface area contributed by atoms with E-state index in [0.29, 0.717) is 24.6 Å². The van der Waals surface area contributed by atoms with Crippen molar-refractivity contribution in [3.05, 3.63) is 35.6 Å². The first-order valence-electron chi connectivity index (χ1n) is 6.21. The zero-order valence-electron chi connectivity index (χ0n) is 12.4. The fourth-order valence-electron chi connectivity index (χ4n) is 1.41. The maximum absolute atomic E-state index is 13.5. The second-order valence-electron chi connectivity index (χ2n) is 4.83. The van der Waals surface area contributed by atoms with Crippen LogP contribution in [0.25, 0.3) is 0 Å². The van der Waals surface area contributed by atoms with E-state index in [4.69, 9.17) is 4.74 Å². The Balaban J connectivity index is 0.00000361. The maximum Gasteiger partial charge on any atom is 0.191 e. The number of hydrogen-bond acceptors (Lipinski definition) is 2. The van der Waals surface area contributed by atoms with Gasteiger partial charge < -0.3 is 15.4 Å². The summed E-state index contributed by atoms with van der Waals surface area (Å²) >= 11 is 0. The van der Waals surface area contributed by atoms with E-state index in [9.17, 15) is 4.39 Å². The average Bonchev–Trinajstić information content (AvgIpc) is 2.41. The normalized spacial score (nSPS) is 11.8. The summed E-state index contributed by atoms with van der Waals surface area (Å²) in [6.45, 7) is 4.95. The molecule has 1 rings (SSSR count). The lowest BCUT2D eigenvalue weighted by molar-refractivity contribution is 0.0268. The number of aliphatic imine (C=N–C) groups is 1. The molecule has 0 aliphatic rings. The molecule has 20 heavy (non-hydrogen) atoms. The molecule has 0 radical (unpaired) electrons. The third-order valence-corrected chi connectivity index (χ3v) is 2.86. The van der Waals surface area contributed by atoms with Crippen molar-refractivity contribution in [1.82, 2.24) is 10.6 Å². The van der Waals surface area contributed by atoms with Crippen LogP contribution < -0.4 is 10.6 Å². The molecule has 0 bridgehead atoms. The van der Waals surface area contributed by atoms with E-state index in [-0.39, 0.29) is 35.4 Å². The van der Waals surface area contributed by atoms with Crippen LogP contribution in [0.3, 0.4) is 0 Å². The highest BCUT2D eigenvalue weighted by Gasteiger charge is 2.16. The SMILES string of the molecule is CN=C(NCc1ccccc1F)NCC(C)(C)OC.I. The molecular formula is C14H23FIN3O. The molecule has 0 aliphatic heterocycles. The van der Waals surface area contributed by atoms with Crippen LogP contribution in [0.5, 0.6) is 0 Å². The van der Waals surface area contributed by atoms with Gasteiger partial charge >= 0.3 is 0 Å². The Morgan fingerprint density at radius 2 is 1.95 bits per heavy atom. The minimum atomic E-state index is -0.282. The smallest absolute Gasteiger partial charge is 0.191 e. The van der Waals surface area contributed by atoms with Crippen LogP contribution >= 0.6 is 24.0 Å². The Bertz CT molecular complexity index is 438. The fourth-order valence-corrected chi connectivity index (χ4v) is 1.41. The standard InChI is InChI=1S/C14H22FN3O.HI/c1-14(2,19-4)10-18-13(16-3)17-9-11-7-5-6-8-12(11)15;/h5-8H,9-10H2,1-4H3,(H2,16,17,18);1H. The van der Waals surface area contributed by atoms with E-state index in [1.165, 1.54) is 6.07 Å². The Hall–Kier alpha value is -0.890. The predicted molar refractivity (Wildman–Crippen MR) is 91.1 cm³/mol. The molecule has 0 saturated carbocycles. The first kappa shape index (κ1) is 19.1. The van der Waals surface area contributed by atoms with Crippen molar-refractivity contribution >= 4 is 29.9 Å². The number of benzene rings is 1. The minimum absolute atomic E-state index is 0. The van der Waals surface area contributed by atoms with E-state index >= 15 is 0 Å². The van der Waals surface area contributed by atoms with Crippen molar-refractivity contribution in [1.29, 1.82) is 0 Å². The van der Waals surface area contributed by atoms with E-state index < -0.39 is 0 Å². The highest BCUT2D eigenvalue weighted by molar-refractivity contribution is 14.0. The molecule has 2 N–H and O–H groups in total. The molecule has 0 fully saturated rings. The van der Waals surface area contributed by atoms with E-state index in [1.54, 1.807) is 26.3 Å². The first-order valence-corrected chi connectivity index (χ1v) is 6.21. The van der Waals surface area contributed by atoms with Gasteiger partial charge in [0.05, 0.1) is 5.60 Å². The van der Waals surface area contributed by atoms with Gasteiger partial charge in [0, 0.05) is 32.8 Å². The fraction of sp³-hybridized carbons (Fsp3) is 0.500. The maximum atomic E-state index is 13.5. The highest BCUT2D eigenvalue weighted by Crippen LogP contribution is 2.06. The molecule has 4 nitrogen and oxygen atoms in total. The largest absolute Gasteiger partial charge is 0.377 e. The number of hydrogen-bond donors (Lipinski definition) is 2. The van der Waals surface area contributed by atoms with Crippen molar-refractivity contribution in [2.75, 3.05) is 20.7 Å². The van der Waals surface area contributed by atoms with E-state index in [1.807, 2.05) is 19.9 Å². The van der Waals surface area contributed by atoms with E-state index in [0.717, 1.165) is 0 Å². The average molecular weight is 395 g/mol. The van der Waals surface area contributed by atoms with Gasteiger partial charge in [0.25, 0.3) is 0 Å². The molecule has 1 aromatic rings. The number of methoxy groups -OCH3 is 1. The second-order valence-corrected chi connectivity index (χ2v) is 4.83. The van der Waals surface area contributed by atoms with Crippen molar-refractivity contribution < 1.29 is 9.13 Å². The van der Waals surface area contributed by atoms with Gasteiger partial charge in [-0.3, -0.25) is 4.99 Å². The number of guanidine groups is 1. The third kappa shape index (κ3) is 6.51. The predicted octanol–water partition coefficient (Wildman–Crippen LogP) is 2.53. The van der Waals surface area contributed by atoms with Gasteiger partial charge in [-0.1, -0.05) is 18.2 Å². The molecule has 0 amide bonds. The summed E-state index contributed by atoms with van der Waals surface area (Å²) in [5.74, 6) is 0.399. The molecule has 0 atom stereocenters. The molecule has 0 unspecified atom stereocenters. The number of halogens is 2. The molecule has 0 spiro atoms. The Kier molecular flexibility index (Phi) is 8.71. The molecule has 0 saturated heterocycles. The van der Waals surface area contributed by atoms with Crippen molar-refractivity contribution in [2.45, 2.75) is 26.0 Å². The molecule has 0 aliphatic carbocycles. The van der Waals surface area contributed by atoms with Crippen LogP contribution in [0.4, 0.5) is 4.39 Å². The van der Waals surface area contributed by atoms with Crippen LogP contribution in [-0.4, -0.2) is 32.3 Å². The third-order valence-electron chi connectivity index (χ3n) is 2.86. The second kappa shape index (κ2) is 9.12. The Morgan fingerprint density at radius 3 is 2.50 bits per heavy atom. The van der Waals surface area contributed by atoms with Crippen molar-refractivity contribution in [3.8, 4) is 0 Å². The topological polar surface area (TPSA) is 45.7 Å². The summed E-state index contributed by atoms with van der Waals surface area (Å²) in [5.41, 5.74) is 0.326. The summed E-state index contributed by atoms with van der Waals surface area (Å²) in [4.78, 5) is 4.09. The summed E-state index contributed by atoms with van der Waals surface area (Å²) < 4.78 is 18.8. The number of ether oxygens (including phenoxy) is 1. The molecule has 0 heterocycles. The zero-order valence-corrected chi connectivity index (χ0v) is 14.7. The van der Waals surface area contributed by atoms with Gasteiger partial charge in [-0.05, 0) is 19.9 Å². The first-order chi connectivity index (χ1) is 8.98. The van der Waals surface area contributed by atoms with Gasteiger partial charge in [-0.15, -0.1) is 24.0 Å². The van der Waals surface area contributed by atoms with Crippen LogP contribution in [0.2, 0.25) is 0 Å².